The maximum absolute atomic E-state index is 4.09. The van der Waals surface area contributed by atoms with Crippen molar-refractivity contribution in [2.45, 2.75) is 26.2 Å². The minimum atomic E-state index is 0.721. The summed E-state index contributed by atoms with van der Waals surface area (Å²) in [5, 5.41) is 0. The molecule has 0 saturated carbocycles. The second-order valence-electron chi connectivity index (χ2n) is 5.66. The molecule has 1 aliphatic heterocycles. The zero-order valence-corrected chi connectivity index (χ0v) is 12.8. The molecule has 1 aromatic carbocycles. The molecule has 0 bridgehead atoms. The van der Waals surface area contributed by atoms with Gasteiger partial charge in [-0.05, 0) is 56.8 Å². The monoisotopic (exact) mass is 268 g/mol. The third kappa shape index (κ3) is 3.45. The molecule has 2 nitrogen and oxygen atoms in total. The Bertz CT molecular complexity index is 517. The van der Waals surface area contributed by atoms with E-state index in [9.17, 15) is 0 Å². The molecule has 0 radical (unpaired) electrons. The first-order valence-electron chi connectivity index (χ1n) is 7.20. The van der Waals surface area contributed by atoms with Gasteiger partial charge in [-0.2, -0.15) is 0 Å². The van der Waals surface area contributed by atoms with Gasteiger partial charge in [-0.15, -0.1) is 0 Å². The number of likely N-dealkylation sites (tertiary alicyclic amines) is 1. The van der Waals surface area contributed by atoms with E-state index in [1.165, 1.54) is 29.8 Å². The fourth-order valence-corrected chi connectivity index (χ4v) is 2.70. The van der Waals surface area contributed by atoms with Gasteiger partial charge in [0, 0.05) is 19.0 Å². The summed E-state index contributed by atoms with van der Waals surface area (Å²) in [5.74, 6) is 0.721. The summed E-state index contributed by atoms with van der Waals surface area (Å²) < 4.78 is 0. The summed E-state index contributed by atoms with van der Waals surface area (Å²) in [6.07, 6.45) is 4.95. The van der Waals surface area contributed by atoms with Crippen LogP contribution in [0.2, 0.25) is 0 Å². The lowest BCUT2D eigenvalue weighted by Crippen LogP contribution is -2.41. The highest BCUT2D eigenvalue weighted by Gasteiger charge is 2.24. The molecule has 0 aliphatic carbocycles. The van der Waals surface area contributed by atoms with E-state index in [2.05, 4.69) is 54.8 Å². The van der Waals surface area contributed by atoms with Crippen LogP contribution in [0, 0.1) is 0 Å². The Morgan fingerprint density at radius 2 is 2.00 bits per heavy atom. The molecule has 1 heterocycles. The molecular weight excluding hydrogens is 244 g/mol. The normalized spacial score (nSPS) is 17.9. The topological polar surface area (TPSA) is 15.6 Å². The fraction of sp³-hybridized carbons (Fsp3) is 0.389. The zero-order chi connectivity index (χ0) is 14.5. The van der Waals surface area contributed by atoms with E-state index in [1.807, 2.05) is 19.1 Å². The van der Waals surface area contributed by atoms with E-state index in [4.69, 9.17) is 0 Å². The van der Waals surface area contributed by atoms with Gasteiger partial charge in [0.1, 0.15) is 0 Å². The van der Waals surface area contributed by atoms with Crippen LogP contribution in [0.4, 0.5) is 0 Å². The third-order valence-corrected chi connectivity index (χ3v) is 3.92. The molecule has 0 unspecified atom stereocenters. The summed E-state index contributed by atoms with van der Waals surface area (Å²) in [4.78, 5) is 6.44. The molecule has 1 aliphatic rings. The molecule has 0 atom stereocenters. The van der Waals surface area contributed by atoms with E-state index < -0.39 is 0 Å². The molecule has 106 valence electrons. The molecule has 2 heteroatoms. The number of nitrogens with zero attached hydrogens (tertiary/aromatic N) is 2. The number of benzene rings is 1. The molecule has 0 spiro atoms. The van der Waals surface area contributed by atoms with Crippen LogP contribution in [-0.4, -0.2) is 31.8 Å². The van der Waals surface area contributed by atoms with Crippen LogP contribution >= 0.6 is 0 Å². The number of likely N-dealkylation sites (N-methyl/N-ethyl adjacent to an activating group) is 1. The van der Waals surface area contributed by atoms with Crippen molar-refractivity contribution >= 4 is 6.72 Å². The van der Waals surface area contributed by atoms with E-state index in [0.29, 0.717) is 0 Å². The average molecular weight is 268 g/mol. The van der Waals surface area contributed by atoms with Crippen LogP contribution in [0.3, 0.4) is 0 Å². The molecule has 0 amide bonds. The van der Waals surface area contributed by atoms with Gasteiger partial charge in [0.25, 0.3) is 0 Å². The zero-order valence-electron chi connectivity index (χ0n) is 12.8. The molecule has 0 aromatic heterocycles. The Morgan fingerprint density at radius 3 is 2.50 bits per heavy atom. The Hall–Kier alpha value is -1.67. The van der Waals surface area contributed by atoms with Crippen molar-refractivity contribution in [3.8, 4) is 0 Å². The van der Waals surface area contributed by atoms with Gasteiger partial charge in [-0.25, -0.2) is 0 Å². The van der Waals surface area contributed by atoms with Crippen LogP contribution < -0.4 is 0 Å². The first kappa shape index (κ1) is 14.7. The van der Waals surface area contributed by atoms with Gasteiger partial charge >= 0.3 is 0 Å². The van der Waals surface area contributed by atoms with Crippen LogP contribution in [0.15, 0.2) is 52.7 Å². The van der Waals surface area contributed by atoms with E-state index in [1.54, 1.807) is 0 Å². The molecular formula is C18H24N2. The molecule has 1 saturated heterocycles. The predicted molar refractivity (Wildman–Crippen MR) is 87.4 cm³/mol. The van der Waals surface area contributed by atoms with Crippen LogP contribution in [0.1, 0.15) is 30.9 Å². The smallest absolute Gasteiger partial charge is 0.0611 e. The highest BCUT2D eigenvalue weighted by atomic mass is 15.2. The Labute approximate surface area is 122 Å². The summed E-state index contributed by atoms with van der Waals surface area (Å²) in [5.41, 5.74) is 5.04. The second kappa shape index (κ2) is 6.67. The third-order valence-electron chi connectivity index (χ3n) is 3.92. The Morgan fingerprint density at radius 1 is 1.35 bits per heavy atom. The van der Waals surface area contributed by atoms with Gasteiger partial charge in [-0.1, -0.05) is 30.3 Å². The number of aliphatic imine (C=N–C) groups is 1. The van der Waals surface area contributed by atoms with E-state index in [-0.39, 0.29) is 0 Å². The van der Waals surface area contributed by atoms with Crippen LogP contribution in [0.5, 0.6) is 0 Å². The van der Waals surface area contributed by atoms with Gasteiger partial charge in [0.05, 0.1) is 5.70 Å². The number of hydrogen-bond donors (Lipinski definition) is 0. The first-order chi connectivity index (χ1) is 9.63. The van der Waals surface area contributed by atoms with Crippen molar-refractivity contribution in [2.24, 2.45) is 4.99 Å². The molecule has 2 rings (SSSR count). The largest absolute Gasteiger partial charge is 0.305 e. The van der Waals surface area contributed by atoms with Crippen molar-refractivity contribution in [1.82, 2.24) is 4.90 Å². The van der Waals surface area contributed by atoms with Crippen molar-refractivity contribution in [3.05, 3.63) is 58.8 Å². The van der Waals surface area contributed by atoms with Crippen molar-refractivity contribution in [2.75, 3.05) is 20.1 Å². The van der Waals surface area contributed by atoms with E-state index in [0.717, 1.165) is 18.0 Å². The van der Waals surface area contributed by atoms with Gasteiger partial charge in [0.2, 0.25) is 0 Å². The summed E-state index contributed by atoms with van der Waals surface area (Å²) in [6, 6.07) is 9.04. The van der Waals surface area contributed by atoms with Gasteiger partial charge in [-0.3, -0.25) is 4.99 Å². The molecule has 1 aromatic rings. The fourth-order valence-electron chi connectivity index (χ4n) is 2.70. The maximum Gasteiger partial charge on any atom is 0.0611 e. The lowest BCUT2D eigenvalue weighted by molar-refractivity contribution is 0.190. The predicted octanol–water partition coefficient (Wildman–Crippen LogP) is 3.81. The van der Waals surface area contributed by atoms with Crippen molar-refractivity contribution < 1.29 is 0 Å². The minimum Gasteiger partial charge on any atom is -0.305 e. The Balaban J connectivity index is 2.05. The quantitative estimate of drug-likeness (QED) is 0.585. The van der Waals surface area contributed by atoms with Crippen molar-refractivity contribution in [3.63, 3.8) is 0 Å². The average Bonchev–Trinajstić information content (AvgIpc) is 2.42. The molecule has 1 fully saturated rings. The standard InChI is InChI=1S/C18H24N2/c1-5-6-18(19-3)14(2)11-15-7-9-16(10-8-15)17-12-20(4)13-17/h5-10,17H,3,11-13H2,1-2,4H3/b6-5-,18-14-. The van der Waals surface area contributed by atoms with E-state index >= 15 is 0 Å². The summed E-state index contributed by atoms with van der Waals surface area (Å²) in [7, 11) is 2.17. The van der Waals surface area contributed by atoms with Gasteiger partial charge < -0.3 is 4.90 Å². The van der Waals surface area contributed by atoms with Crippen LogP contribution in [-0.2, 0) is 6.42 Å². The maximum atomic E-state index is 4.09. The number of allylic oxidation sites excluding steroid dienone is 3. The summed E-state index contributed by atoms with van der Waals surface area (Å²) in [6.45, 7) is 10.1. The Kier molecular flexibility index (Phi) is 4.91. The lowest BCUT2D eigenvalue weighted by Gasteiger charge is -2.36. The molecule has 0 N–H and O–H groups in total. The van der Waals surface area contributed by atoms with Crippen LogP contribution in [0.25, 0.3) is 0 Å². The number of hydrogen-bond acceptors (Lipinski definition) is 2. The SMILES string of the molecule is C=NC(/C=C\C)=C(/C)Cc1ccc(C2CN(C)C2)cc1. The molecule has 20 heavy (non-hydrogen) atoms. The highest BCUT2D eigenvalue weighted by Crippen LogP contribution is 2.26. The highest BCUT2D eigenvalue weighted by molar-refractivity contribution is 5.37. The summed E-state index contributed by atoms with van der Waals surface area (Å²) >= 11 is 0. The van der Waals surface area contributed by atoms with Crippen molar-refractivity contribution in [1.29, 1.82) is 0 Å². The lowest BCUT2D eigenvalue weighted by atomic mass is 9.91. The second-order valence-corrected chi connectivity index (χ2v) is 5.66. The number of rotatable bonds is 5. The first-order valence-corrected chi connectivity index (χ1v) is 7.20. The van der Waals surface area contributed by atoms with Gasteiger partial charge in [0.15, 0.2) is 0 Å². The minimum absolute atomic E-state index is 0.721.